The van der Waals surface area contributed by atoms with Gasteiger partial charge in [-0.25, -0.2) is 18.5 Å². The first-order valence-corrected chi connectivity index (χ1v) is 8.99. The van der Waals surface area contributed by atoms with Crippen LogP contribution in [0.25, 0.3) is 0 Å². The second-order valence-electron chi connectivity index (χ2n) is 6.90. The fourth-order valence-electron chi connectivity index (χ4n) is 3.07. The van der Waals surface area contributed by atoms with Crippen molar-refractivity contribution in [1.29, 1.82) is 0 Å². The van der Waals surface area contributed by atoms with Crippen LogP contribution < -0.4 is 5.14 Å². The molecule has 2 atom stereocenters. The Balaban J connectivity index is 1.88. The molecule has 0 unspecified atom stereocenters. The fourth-order valence-corrected chi connectivity index (χ4v) is 3.53. The first-order valence-electron chi connectivity index (χ1n) is 7.44. The van der Waals surface area contributed by atoms with Crippen LogP contribution in [0, 0.1) is 5.41 Å². The van der Waals surface area contributed by atoms with Crippen molar-refractivity contribution in [2.45, 2.75) is 50.5 Å². The van der Waals surface area contributed by atoms with Gasteiger partial charge in [0.2, 0.25) is 5.89 Å². The molecule has 7 nitrogen and oxygen atoms in total. The molecule has 1 saturated carbocycles. The predicted octanol–water partition coefficient (Wildman–Crippen LogP) is 2.14. The van der Waals surface area contributed by atoms with E-state index in [1.165, 1.54) is 6.07 Å². The Hall–Kier alpha value is -1.80. The van der Waals surface area contributed by atoms with Crippen molar-refractivity contribution >= 4 is 10.0 Å². The summed E-state index contributed by atoms with van der Waals surface area (Å²) in [6, 6.07) is 3.18. The van der Waals surface area contributed by atoms with Gasteiger partial charge in [-0.05, 0) is 17.0 Å². The summed E-state index contributed by atoms with van der Waals surface area (Å²) in [7, 11) is -3.78. The molecule has 1 aliphatic rings. The molecule has 2 heterocycles. The van der Waals surface area contributed by atoms with Crippen LogP contribution in [0.15, 0.2) is 27.9 Å². The standard InChI is InChI=1S/C15H20N4O3S/c1-8(2)13-18-14(22-19-13)12-11(15(12,3)4)9-5-6-10(17-7-9)23(16,20)21/h5-8,11-12H,1-4H3,(H2,16,20,21)/t11-,12+/m1/s1. The molecule has 124 valence electrons. The van der Waals surface area contributed by atoms with Crippen LogP contribution in [0.3, 0.4) is 0 Å². The van der Waals surface area contributed by atoms with Crippen LogP contribution in [-0.2, 0) is 10.0 Å². The number of primary sulfonamides is 1. The van der Waals surface area contributed by atoms with Crippen molar-refractivity contribution in [3.8, 4) is 0 Å². The summed E-state index contributed by atoms with van der Waals surface area (Å²) in [6.07, 6.45) is 1.56. The Kier molecular flexibility index (Phi) is 3.57. The molecule has 23 heavy (non-hydrogen) atoms. The van der Waals surface area contributed by atoms with Crippen LogP contribution >= 0.6 is 0 Å². The van der Waals surface area contributed by atoms with Crippen molar-refractivity contribution in [2.75, 3.05) is 0 Å². The Morgan fingerprint density at radius 3 is 2.43 bits per heavy atom. The van der Waals surface area contributed by atoms with E-state index in [-0.39, 0.29) is 28.2 Å². The van der Waals surface area contributed by atoms with E-state index in [4.69, 9.17) is 9.66 Å². The molecule has 3 rings (SSSR count). The van der Waals surface area contributed by atoms with Crippen LogP contribution in [-0.4, -0.2) is 23.5 Å². The number of nitrogens with two attached hydrogens (primary N) is 1. The highest BCUT2D eigenvalue weighted by atomic mass is 32.2. The lowest BCUT2D eigenvalue weighted by Crippen LogP contribution is -2.13. The molecule has 0 spiro atoms. The number of aromatic nitrogens is 3. The molecule has 2 aromatic rings. The van der Waals surface area contributed by atoms with Crippen molar-refractivity contribution < 1.29 is 12.9 Å². The van der Waals surface area contributed by atoms with E-state index in [0.717, 1.165) is 5.56 Å². The average molecular weight is 336 g/mol. The summed E-state index contributed by atoms with van der Waals surface area (Å²) < 4.78 is 28.0. The molecule has 0 radical (unpaired) electrons. The van der Waals surface area contributed by atoms with Gasteiger partial charge >= 0.3 is 0 Å². The Bertz CT molecular complexity index is 825. The number of hydrogen-bond acceptors (Lipinski definition) is 6. The molecule has 0 aromatic carbocycles. The van der Waals surface area contributed by atoms with Gasteiger partial charge in [-0.15, -0.1) is 0 Å². The maximum atomic E-state index is 11.3. The molecule has 8 heteroatoms. The summed E-state index contributed by atoms with van der Waals surface area (Å²) in [5.41, 5.74) is 0.891. The van der Waals surface area contributed by atoms with Crippen LogP contribution in [0.1, 0.15) is 62.7 Å². The zero-order chi connectivity index (χ0) is 17.0. The van der Waals surface area contributed by atoms with Gasteiger partial charge in [0.15, 0.2) is 10.9 Å². The average Bonchev–Trinajstić information content (AvgIpc) is 2.84. The number of nitrogens with zero attached hydrogens (tertiary/aromatic N) is 3. The van der Waals surface area contributed by atoms with Gasteiger partial charge < -0.3 is 4.52 Å². The third-order valence-electron chi connectivity index (χ3n) is 4.48. The minimum atomic E-state index is -3.78. The first kappa shape index (κ1) is 16.1. The van der Waals surface area contributed by atoms with E-state index in [0.29, 0.717) is 11.7 Å². The molecule has 2 aromatic heterocycles. The molecule has 1 aliphatic carbocycles. The van der Waals surface area contributed by atoms with E-state index in [1.807, 2.05) is 13.8 Å². The number of hydrogen-bond donors (Lipinski definition) is 1. The summed E-state index contributed by atoms with van der Waals surface area (Å²) >= 11 is 0. The maximum absolute atomic E-state index is 11.3. The van der Waals surface area contributed by atoms with E-state index in [2.05, 4.69) is 29.0 Å². The molecule has 0 saturated heterocycles. The lowest BCUT2D eigenvalue weighted by Gasteiger charge is -2.03. The van der Waals surface area contributed by atoms with Crippen molar-refractivity contribution in [3.63, 3.8) is 0 Å². The summed E-state index contributed by atoms with van der Waals surface area (Å²) in [6.45, 7) is 8.27. The second kappa shape index (κ2) is 5.10. The normalized spacial score (nSPS) is 23.2. The van der Waals surface area contributed by atoms with Gasteiger partial charge in [0.05, 0.1) is 5.92 Å². The predicted molar refractivity (Wildman–Crippen MR) is 83.3 cm³/mol. The highest BCUT2D eigenvalue weighted by Gasteiger charge is 2.62. The summed E-state index contributed by atoms with van der Waals surface area (Å²) in [5.74, 6) is 1.79. The second-order valence-corrected chi connectivity index (χ2v) is 8.41. The van der Waals surface area contributed by atoms with Crippen LogP contribution in [0.4, 0.5) is 0 Å². The molecule has 0 aliphatic heterocycles. The third-order valence-corrected chi connectivity index (χ3v) is 5.30. The highest BCUT2D eigenvalue weighted by molar-refractivity contribution is 7.89. The zero-order valence-electron chi connectivity index (χ0n) is 13.5. The molecular formula is C15H20N4O3S. The van der Waals surface area contributed by atoms with Crippen LogP contribution in [0.5, 0.6) is 0 Å². The molecule has 0 bridgehead atoms. The fraction of sp³-hybridized carbons (Fsp3) is 0.533. The van der Waals surface area contributed by atoms with Crippen molar-refractivity contribution in [1.82, 2.24) is 15.1 Å². The van der Waals surface area contributed by atoms with Crippen molar-refractivity contribution in [3.05, 3.63) is 35.6 Å². The topological polar surface area (TPSA) is 112 Å². The minimum absolute atomic E-state index is 0.0500. The monoisotopic (exact) mass is 336 g/mol. The summed E-state index contributed by atoms with van der Waals surface area (Å²) in [4.78, 5) is 8.44. The van der Waals surface area contributed by atoms with Crippen LogP contribution in [0.2, 0.25) is 0 Å². The smallest absolute Gasteiger partial charge is 0.255 e. The lowest BCUT2D eigenvalue weighted by atomic mass is 10.1. The summed E-state index contributed by atoms with van der Waals surface area (Å²) in [5, 5.41) is 8.97. The lowest BCUT2D eigenvalue weighted by molar-refractivity contribution is 0.361. The quantitative estimate of drug-likeness (QED) is 0.915. The van der Waals surface area contributed by atoms with Gasteiger partial charge in [-0.2, -0.15) is 4.98 Å². The van der Waals surface area contributed by atoms with E-state index < -0.39 is 10.0 Å². The van der Waals surface area contributed by atoms with Crippen molar-refractivity contribution in [2.24, 2.45) is 10.6 Å². The highest BCUT2D eigenvalue weighted by Crippen LogP contribution is 2.69. The van der Waals surface area contributed by atoms with Gasteiger partial charge in [0.25, 0.3) is 10.0 Å². The maximum Gasteiger partial charge on any atom is 0.255 e. The first-order chi connectivity index (χ1) is 10.6. The van der Waals surface area contributed by atoms with E-state index in [1.54, 1.807) is 12.3 Å². The third kappa shape index (κ3) is 2.76. The Labute approximate surface area is 135 Å². The Morgan fingerprint density at radius 1 is 1.26 bits per heavy atom. The van der Waals surface area contributed by atoms with E-state index >= 15 is 0 Å². The van der Waals surface area contributed by atoms with Gasteiger partial charge in [-0.3, -0.25) is 0 Å². The minimum Gasteiger partial charge on any atom is -0.339 e. The van der Waals surface area contributed by atoms with E-state index in [9.17, 15) is 8.42 Å². The Morgan fingerprint density at radius 2 is 1.96 bits per heavy atom. The number of rotatable bonds is 4. The number of sulfonamides is 1. The molecule has 1 fully saturated rings. The SMILES string of the molecule is CC(C)c1noc([C@@H]2[C@@H](c3ccc(S(N)(=O)=O)nc3)C2(C)C)n1. The zero-order valence-corrected chi connectivity index (χ0v) is 14.3. The molecule has 2 N–H and O–H groups in total. The largest absolute Gasteiger partial charge is 0.339 e. The number of pyridine rings is 1. The molecular weight excluding hydrogens is 316 g/mol. The molecule has 0 amide bonds. The van der Waals surface area contributed by atoms with Gasteiger partial charge in [0, 0.05) is 18.0 Å². The van der Waals surface area contributed by atoms with Gasteiger partial charge in [-0.1, -0.05) is 38.9 Å². The van der Waals surface area contributed by atoms with Gasteiger partial charge in [0.1, 0.15) is 0 Å².